The predicted octanol–water partition coefficient (Wildman–Crippen LogP) is 5.58. The lowest BCUT2D eigenvalue weighted by molar-refractivity contribution is -0.119. The highest BCUT2D eigenvalue weighted by Crippen LogP contribution is 2.33. The van der Waals surface area contributed by atoms with Crippen LogP contribution in [0, 0.1) is 13.8 Å². The minimum Gasteiger partial charge on any atom is -0.349 e. The lowest BCUT2D eigenvalue weighted by Crippen LogP contribution is -2.28. The van der Waals surface area contributed by atoms with E-state index in [0.717, 1.165) is 10.5 Å². The minimum absolute atomic E-state index is 0.0379. The van der Waals surface area contributed by atoms with E-state index in [9.17, 15) is 4.79 Å². The smallest absolute Gasteiger partial charge is 0.230 e. The van der Waals surface area contributed by atoms with E-state index in [2.05, 4.69) is 31.3 Å². The molecule has 1 amide bonds. The molecule has 0 spiro atoms. The van der Waals surface area contributed by atoms with Crippen LogP contribution in [0.3, 0.4) is 0 Å². The van der Waals surface area contributed by atoms with E-state index in [1.54, 1.807) is 18.2 Å². The van der Waals surface area contributed by atoms with Crippen LogP contribution in [0.2, 0.25) is 10.0 Å². The molecule has 0 saturated carbocycles. The second-order valence-corrected chi connectivity index (χ2v) is 7.27. The summed E-state index contributed by atoms with van der Waals surface area (Å²) in [4.78, 5) is 12.9. The monoisotopic (exact) mass is 367 g/mol. The van der Waals surface area contributed by atoms with Crippen LogP contribution in [0.25, 0.3) is 0 Å². The standard InChI is InChI=1S/C18H19Cl2NOS/c1-11-7-8-14(9-12(11)2)13(3)21-17(22)10-23-18-15(19)5-4-6-16(18)20/h4-9,13H,10H2,1-3H3,(H,21,22)/t13-/m1/s1. The normalized spacial score (nSPS) is 12.0. The zero-order valence-electron chi connectivity index (χ0n) is 13.3. The molecule has 23 heavy (non-hydrogen) atoms. The summed E-state index contributed by atoms with van der Waals surface area (Å²) in [6.07, 6.45) is 0. The Balaban J connectivity index is 1.95. The number of carbonyl (C=O) groups excluding carboxylic acids is 1. The molecule has 1 atom stereocenters. The van der Waals surface area contributed by atoms with Gasteiger partial charge in [0.1, 0.15) is 0 Å². The lowest BCUT2D eigenvalue weighted by Gasteiger charge is -2.16. The third-order valence-corrected chi connectivity index (χ3v) is 5.66. The van der Waals surface area contributed by atoms with E-state index in [1.807, 2.05) is 13.0 Å². The molecule has 1 N–H and O–H groups in total. The Bertz CT molecular complexity index is 698. The molecule has 0 unspecified atom stereocenters. The van der Waals surface area contributed by atoms with Crippen LogP contribution in [0.5, 0.6) is 0 Å². The number of aryl methyl sites for hydroxylation is 2. The van der Waals surface area contributed by atoms with Crippen molar-refractivity contribution < 1.29 is 4.79 Å². The SMILES string of the molecule is Cc1ccc([C@@H](C)NC(=O)CSc2c(Cl)cccc2Cl)cc1C. The van der Waals surface area contributed by atoms with Gasteiger partial charge in [0.15, 0.2) is 0 Å². The van der Waals surface area contributed by atoms with Crippen molar-refractivity contribution in [2.24, 2.45) is 0 Å². The van der Waals surface area contributed by atoms with Gasteiger partial charge in [-0.15, -0.1) is 11.8 Å². The molecule has 0 radical (unpaired) electrons. The van der Waals surface area contributed by atoms with Gasteiger partial charge in [-0.3, -0.25) is 4.79 Å². The number of carbonyl (C=O) groups is 1. The Hall–Kier alpha value is -1.16. The molecule has 2 nitrogen and oxygen atoms in total. The largest absolute Gasteiger partial charge is 0.349 e. The molecule has 0 aliphatic rings. The average molecular weight is 368 g/mol. The van der Waals surface area contributed by atoms with Crippen LogP contribution < -0.4 is 5.32 Å². The van der Waals surface area contributed by atoms with Gasteiger partial charge in [-0.25, -0.2) is 0 Å². The zero-order chi connectivity index (χ0) is 17.0. The fraction of sp³-hybridized carbons (Fsp3) is 0.278. The van der Waals surface area contributed by atoms with Gasteiger partial charge in [-0.1, -0.05) is 47.5 Å². The minimum atomic E-state index is -0.0447. The van der Waals surface area contributed by atoms with Crippen molar-refractivity contribution in [1.29, 1.82) is 0 Å². The highest BCUT2D eigenvalue weighted by Gasteiger charge is 2.13. The van der Waals surface area contributed by atoms with E-state index in [0.29, 0.717) is 10.0 Å². The fourth-order valence-electron chi connectivity index (χ4n) is 2.16. The maximum atomic E-state index is 12.2. The third kappa shape index (κ3) is 4.90. The Labute approximate surface area is 151 Å². The highest BCUT2D eigenvalue weighted by molar-refractivity contribution is 8.00. The van der Waals surface area contributed by atoms with Gasteiger partial charge in [-0.05, 0) is 49.6 Å². The van der Waals surface area contributed by atoms with Crippen molar-refractivity contribution in [1.82, 2.24) is 5.32 Å². The van der Waals surface area contributed by atoms with Crippen LogP contribution in [0.15, 0.2) is 41.3 Å². The number of halogens is 2. The van der Waals surface area contributed by atoms with Crippen LogP contribution in [0.4, 0.5) is 0 Å². The molecule has 2 aromatic carbocycles. The van der Waals surface area contributed by atoms with Gasteiger partial charge in [0.2, 0.25) is 5.91 Å². The lowest BCUT2D eigenvalue weighted by atomic mass is 10.0. The molecule has 122 valence electrons. The quantitative estimate of drug-likeness (QED) is 0.698. The molecule has 0 aliphatic carbocycles. The Kier molecular flexibility index (Phi) is 6.40. The van der Waals surface area contributed by atoms with E-state index >= 15 is 0 Å². The van der Waals surface area contributed by atoms with Gasteiger partial charge < -0.3 is 5.32 Å². The summed E-state index contributed by atoms with van der Waals surface area (Å²) < 4.78 is 0. The molecule has 0 aliphatic heterocycles. The maximum absolute atomic E-state index is 12.2. The number of thioether (sulfide) groups is 1. The van der Waals surface area contributed by atoms with E-state index in [1.165, 1.54) is 22.9 Å². The van der Waals surface area contributed by atoms with E-state index in [-0.39, 0.29) is 17.7 Å². The summed E-state index contributed by atoms with van der Waals surface area (Å²) in [6, 6.07) is 11.5. The molecule has 0 fully saturated rings. The van der Waals surface area contributed by atoms with Crippen molar-refractivity contribution in [2.75, 3.05) is 5.75 Å². The zero-order valence-corrected chi connectivity index (χ0v) is 15.6. The first-order valence-corrected chi connectivity index (χ1v) is 9.06. The molecule has 0 bridgehead atoms. The van der Waals surface area contributed by atoms with Crippen LogP contribution >= 0.6 is 35.0 Å². The van der Waals surface area contributed by atoms with Crippen molar-refractivity contribution >= 4 is 40.9 Å². The van der Waals surface area contributed by atoms with Crippen molar-refractivity contribution in [3.63, 3.8) is 0 Å². The van der Waals surface area contributed by atoms with Crippen LogP contribution in [0.1, 0.15) is 29.7 Å². The van der Waals surface area contributed by atoms with E-state index in [4.69, 9.17) is 23.2 Å². The number of rotatable bonds is 5. The van der Waals surface area contributed by atoms with Crippen LogP contribution in [-0.4, -0.2) is 11.7 Å². The number of amides is 1. The fourth-order valence-corrected chi connectivity index (χ4v) is 3.65. The number of hydrogen-bond acceptors (Lipinski definition) is 2. The molecule has 0 saturated heterocycles. The highest BCUT2D eigenvalue weighted by atomic mass is 35.5. The molecule has 5 heteroatoms. The first kappa shape index (κ1) is 18.2. The maximum Gasteiger partial charge on any atom is 0.230 e. The van der Waals surface area contributed by atoms with Crippen molar-refractivity contribution in [2.45, 2.75) is 31.7 Å². The molecule has 2 rings (SSSR count). The summed E-state index contributed by atoms with van der Waals surface area (Å²) in [5.74, 6) is 0.232. The number of nitrogens with one attached hydrogen (secondary N) is 1. The summed E-state index contributed by atoms with van der Waals surface area (Å²) in [5.41, 5.74) is 3.57. The number of hydrogen-bond donors (Lipinski definition) is 1. The van der Waals surface area contributed by atoms with Crippen molar-refractivity contribution in [3.05, 3.63) is 63.1 Å². The molecular weight excluding hydrogens is 349 g/mol. The molecular formula is C18H19Cl2NOS. The molecule has 2 aromatic rings. The summed E-state index contributed by atoms with van der Waals surface area (Å²) in [5, 5.41) is 4.14. The number of benzene rings is 2. The molecule has 0 heterocycles. The Morgan fingerprint density at radius 1 is 1.13 bits per heavy atom. The summed E-state index contributed by atoms with van der Waals surface area (Å²) in [7, 11) is 0. The van der Waals surface area contributed by atoms with Gasteiger partial charge in [0.25, 0.3) is 0 Å². The van der Waals surface area contributed by atoms with Gasteiger partial charge in [0.05, 0.1) is 21.8 Å². The topological polar surface area (TPSA) is 29.1 Å². The average Bonchev–Trinajstić information content (AvgIpc) is 2.49. The second kappa shape index (κ2) is 8.09. The molecule has 0 aromatic heterocycles. The second-order valence-electron chi connectivity index (χ2n) is 5.47. The first-order valence-electron chi connectivity index (χ1n) is 7.32. The Morgan fingerprint density at radius 3 is 2.39 bits per heavy atom. The van der Waals surface area contributed by atoms with Crippen LogP contribution in [-0.2, 0) is 4.79 Å². The Morgan fingerprint density at radius 2 is 1.78 bits per heavy atom. The predicted molar refractivity (Wildman–Crippen MR) is 99.7 cm³/mol. The summed E-state index contributed by atoms with van der Waals surface area (Å²) in [6.45, 7) is 6.13. The third-order valence-electron chi connectivity index (χ3n) is 3.67. The van der Waals surface area contributed by atoms with Crippen molar-refractivity contribution in [3.8, 4) is 0 Å². The summed E-state index contributed by atoms with van der Waals surface area (Å²) >= 11 is 13.6. The van der Waals surface area contributed by atoms with Gasteiger partial charge in [0, 0.05) is 4.90 Å². The van der Waals surface area contributed by atoms with Gasteiger partial charge >= 0.3 is 0 Å². The van der Waals surface area contributed by atoms with Gasteiger partial charge in [-0.2, -0.15) is 0 Å². The first-order chi connectivity index (χ1) is 10.9. The van der Waals surface area contributed by atoms with E-state index < -0.39 is 0 Å².